The van der Waals surface area contributed by atoms with Gasteiger partial charge in [0, 0.05) is 25.0 Å². The second kappa shape index (κ2) is 14.8. The number of unbranched alkanes of at least 4 members (excludes halogenated alkanes) is 7. The molecule has 2 aliphatic heterocycles. The van der Waals surface area contributed by atoms with Crippen molar-refractivity contribution in [2.75, 3.05) is 26.4 Å². The number of allylic oxidation sites excluding steroid dienone is 1. The highest BCUT2D eigenvalue weighted by Crippen LogP contribution is 2.50. The number of benzene rings is 1. The van der Waals surface area contributed by atoms with E-state index in [1.807, 2.05) is 25.1 Å². The van der Waals surface area contributed by atoms with Crippen LogP contribution in [0.5, 0.6) is 0 Å². The van der Waals surface area contributed by atoms with Crippen LogP contribution in [0.4, 0.5) is 0 Å². The van der Waals surface area contributed by atoms with Crippen LogP contribution in [0.25, 0.3) is 0 Å². The van der Waals surface area contributed by atoms with Gasteiger partial charge in [-0.1, -0.05) is 56.7 Å². The zero-order valence-electron chi connectivity index (χ0n) is 23.5. The third kappa shape index (κ3) is 7.57. The number of hydrogen-bond acceptors (Lipinski definition) is 6. The molecule has 1 spiro atoms. The van der Waals surface area contributed by atoms with Crippen molar-refractivity contribution >= 4 is 17.8 Å². The molecule has 0 bridgehead atoms. The fourth-order valence-electron chi connectivity index (χ4n) is 6.58. The van der Waals surface area contributed by atoms with E-state index in [9.17, 15) is 14.4 Å². The van der Waals surface area contributed by atoms with Crippen LogP contribution in [0.15, 0.2) is 36.4 Å². The van der Waals surface area contributed by atoms with E-state index in [4.69, 9.17) is 14.2 Å². The van der Waals surface area contributed by atoms with Gasteiger partial charge in [-0.25, -0.2) is 4.79 Å². The number of nitrogens with zero attached hydrogens (tertiary/aromatic N) is 1. The minimum Gasteiger partial charge on any atom is -0.463 e. The van der Waals surface area contributed by atoms with Gasteiger partial charge in [-0.05, 0) is 63.5 Å². The predicted molar refractivity (Wildman–Crippen MR) is 149 cm³/mol. The Morgan fingerprint density at radius 1 is 0.949 bits per heavy atom. The number of esters is 1. The van der Waals surface area contributed by atoms with Gasteiger partial charge in [0.05, 0.1) is 30.9 Å². The lowest BCUT2D eigenvalue weighted by Crippen LogP contribution is -2.36. The number of imide groups is 1. The molecule has 1 saturated heterocycles. The highest BCUT2D eigenvalue weighted by molar-refractivity contribution is 6.21. The van der Waals surface area contributed by atoms with Crippen molar-refractivity contribution in [1.82, 2.24) is 4.90 Å². The standard InChI is InChI=1S/C32H45NO6/c1-2-37-29(34)19-11-7-6-10-18-28-25(20-21-32(28)38-23-24-39-32)15-9-5-3-4-8-14-22-33-30(35)26-16-12-13-17-27(26)31(33)36/h11-13,16-17,19,25,28H,2-10,14-15,18,20-24H2,1H3/t25-,28+/m0/s1. The number of carbonyl (C=O) groups is 3. The smallest absolute Gasteiger partial charge is 0.330 e. The maximum absolute atomic E-state index is 12.5. The van der Waals surface area contributed by atoms with E-state index >= 15 is 0 Å². The third-order valence-electron chi connectivity index (χ3n) is 8.53. The fraction of sp³-hybridized carbons (Fsp3) is 0.656. The number of amides is 2. The molecule has 0 radical (unpaired) electrons. The number of fused-ring (bicyclic) bond motifs is 1. The van der Waals surface area contributed by atoms with Crippen LogP contribution in [0.1, 0.15) is 111 Å². The lowest BCUT2D eigenvalue weighted by molar-refractivity contribution is -0.188. The van der Waals surface area contributed by atoms with Crippen LogP contribution >= 0.6 is 0 Å². The number of ether oxygens (including phenoxy) is 3. The molecule has 0 N–H and O–H groups in total. The van der Waals surface area contributed by atoms with Crippen molar-refractivity contribution in [2.24, 2.45) is 11.8 Å². The van der Waals surface area contributed by atoms with Crippen molar-refractivity contribution in [2.45, 2.75) is 96.2 Å². The first kappa shape index (κ1) is 29.5. The average molecular weight is 540 g/mol. The first-order chi connectivity index (χ1) is 19.1. The molecule has 39 heavy (non-hydrogen) atoms. The molecule has 1 aliphatic carbocycles. The molecule has 4 rings (SSSR count). The van der Waals surface area contributed by atoms with Crippen molar-refractivity contribution in [1.29, 1.82) is 0 Å². The predicted octanol–water partition coefficient (Wildman–Crippen LogP) is 6.46. The van der Waals surface area contributed by atoms with Crippen LogP contribution in [-0.2, 0) is 19.0 Å². The van der Waals surface area contributed by atoms with Crippen molar-refractivity contribution < 1.29 is 28.6 Å². The second-order valence-corrected chi connectivity index (χ2v) is 11.1. The maximum atomic E-state index is 12.5. The zero-order valence-corrected chi connectivity index (χ0v) is 23.5. The van der Waals surface area contributed by atoms with Gasteiger partial charge in [0.2, 0.25) is 0 Å². The normalized spacial score (nSPS) is 21.9. The number of rotatable bonds is 16. The molecule has 1 aromatic rings. The lowest BCUT2D eigenvalue weighted by atomic mass is 9.84. The molecule has 214 valence electrons. The van der Waals surface area contributed by atoms with Crippen molar-refractivity contribution in [3.8, 4) is 0 Å². The van der Waals surface area contributed by atoms with Gasteiger partial charge in [0.1, 0.15) is 0 Å². The Kier molecular flexibility index (Phi) is 11.2. The molecule has 7 nitrogen and oxygen atoms in total. The molecule has 2 heterocycles. The van der Waals surface area contributed by atoms with Gasteiger partial charge in [-0.3, -0.25) is 14.5 Å². The van der Waals surface area contributed by atoms with E-state index in [1.54, 1.807) is 12.1 Å². The largest absolute Gasteiger partial charge is 0.463 e. The lowest BCUT2D eigenvalue weighted by Gasteiger charge is -2.32. The maximum Gasteiger partial charge on any atom is 0.330 e. The summed E-state index contributed by atoms with van der Waals surface area (Å²) in [6, 6.07) is 7.10. The monoisotopic (exact) mass is 539 g/mol. The zero-order chi connectivity index (χ0) is 27.5. The molecular weight excluding hydrogens is 494 g/mol. The van der Waals surface area contributed by atoms with E-state index in [1.165, 1.54) is 43.1 Å². The van der Waals surface area contributed by atoms with E-state index in [-0.39, 0.29) is 23.6 Å². The van der Waals surface area contributed by atoms with Gasteiger partial charge in [-0.2, -0.15) is 0 Å². The Bertz CT molecular complexity index is 963. The minimum atomic E-state index is -0.366. The summed E-state index contributed by atoms with van der Waals surface area (Å²) in [6.45, 7) is 4.14. The molecule has 2 atom stereocenters. The van der Waals surface area contributed by atoms with Gasteiger partial charge in [0.25, 0.3) is 11.8 Å². The summed E-state index contributed by atoms with van der Waals surface area (Å²) in [4.78, 5) is 37.8. The summed E-state index contributed by atoms with van der Waals surface area (Å²) in [7, 11) is 0. The SMILES string of the molecule is CCOC(=O)C=CCCCC[C@@H]1[C@@H](CCCCCCCCN2C(=O)c3ccccc3C2=O)CCC12OCCO2. The summed E-state index contributed by atoms with van der Waals surface area (Å²) < 4.78 is 17.3. The molecule has 3 aliphatic rings. The summed E-state index contributed by atoms with van der Waals surface area (Å²) in [5.41, 5.74) is 1.07. The van der Waals surface area contributed by atoms with Crippen LogP contribution in [-0.4, -0.2) is 54.8 Å². The van der Waals surface area contributed by atoms with E-state index in [0.717, 1.165) is 51.4 Å². The minimum absolute atomic E-state index is 0.150. The first-order valence-electron chi connectivity index (χ1n) is 15.1. The quantitative estimate of drug-likeness (QED) is 0.104. The van der Waals surface area contributed by atoms with Gasteiger partial charge in [-0.15, -0.1) is 0 Å². The summed E-state index contributed by atoms with van der Waals surface area (Å²) in [5, 5.41) is 0. The highest BCUT2D eigenvalue weighted by atomic mass is 16.7. The summed E-state index contributed by atoms with van der Waals surface area (Å²) >= 11 is 0. The Morgan fingerprint density at radius 3 is 2.28 bits per heavy atom. The van der Waals surface area contributed by atoms with Crippen LogP contribution in [0, 0.1) is 11.8 Å². The Balaban J connectivity index is 1.10. The van der Waals surface area contributed by atoms with Crippen LogP contribution in [0.3, 0.4) is 0 Å². The molecule has 2 amide bonds. The van der Waals surface area contributed by atoms with E-state index in [2.05, 4.69) is 0 Å². The van der Waals surface area contributed by atoms with Crippen LogP contribution in [0.2, 0.25) is 0 Å². The molecule has 0 aromatic heterocycles. The topological polar surface area (TPSA) is 82.1 Å². The molecule has 7 heteroatoms. The fourth-order valence-corrected chi connectivity index (χ4v) is 6.58. The number of hydrogen-bond donors (Lipinski definition) is 0. The van der Waals surface area contributed by atoms with E-state index < -0.39 is 0 Å². The van der Waals surface area contributed by atoms with Crippen LogP contribution < -0.4 is 0 Å². The molecule has 0 unspecified atom stereocenters. The van der Waals surface area contributed by atoms with Gasteiger partial charge >= 0.3 is 5.97 Å². The Labute approximate surface area is 233 Å². The third-order valence-corrected chi connectivity index (χ3v) is 8.53. The van der Waals surface area contributed by atoms with Gasteiger partial charge in [0.15, 0.2) is 5.79 Å². The van der Waals surface area contributed by atoms with E-state index in [0.29, 0.717) is 49.3 Å². The van der Waals surface area contributed by atoms with Gasteiger partial charge < -0.3 is 14.2 Å². The Morgan fingerprint density at radius 2 is 1.59 bits per heavy atom. The van der Waals surface area contributed by atoms with Crippen molar-refractivity contribution in [3.63, 3.8) is 0 Å². The molecule has 1 aromatic carbocycles. The Hall–Kier alpha value is -2.51. The summed E-state index contributed by atoms with van der Waals surface area (Å²) in [6.07, 6.45) is 17.7. The average Bonchev–Trinajstić information content (AvgIpc) is 3.62. The molecule has 1 saturated carbocycles. The summed E-state index contributed by atoms with van der Waals surface area (Å²) in [5.74, 6) is 0.171. The highest BCUT2D eigenvalue weighted by Gasteiger charge is 2.51. The van der Waals surface area contributed by atoms with Crippen molar-refractivity contribution in [3.05, 3.63) is 47.5 Å². The molecular formula is C32H45NO6. The number of carbonyl (C=O) groups excluding carboxylic acids is 3. The second-order valence-electron chi connectivity index (χ2n) is 11.1. The molecule has 2 fully saturated rings. The first-order valence-corrected chi connectivity index (χ1v) is 15.1.